The van der Waals surface area contributed by atoms with Gasteiger partial charge in [-0.05, 0) is 31.2 Å². The van der Waals surface area contributed by atoms with Crippen molar-refractivity contribution in [3.8, 4) is 0 Å². The third-order valence-electron chi connectivity index (χ3n) is 3.11. The molecular formula is C14H16Cl2N2S. The van der Waals surface area contributed by atoms with E-state index in [1.165, 1.54) is 16.9 Å². The Morgan fingerprint density at radius 3 is 2.63 bits per heavy atom. The van der Waals surface area contributed by atoms with Crippen molar-refractivity contribution in [1.82, 2.24) is 10.3 Å². The van der Waals surface area contributed by atoms with Crippen molar-refractivity contribution in [2.75, 3.05) is 7.05 Å². The molecule has 0 radical (unpaired) electrons. The summed E-state index contributed by atoms with van der Waals surface area (Å²) >= 11 is 13.6. The number of nitrogens with one attached hydrogen (secondary N) is 1. The number of pyridine rings is 1. The van der Waals surface area contributed by atoms with Crippen LogP contribution in [0.3, 0.4) is 0 Å². The lowest BCUT2D eigenvalue weighted by molar-refractivity contribution is 0.586. The fourth-order valence-electron chi connectivity index (χ4n) is 1.95. The lowest BCUT2D eigenvalue weighted by Gasteiger charge is -2.15. The minimum atomic E-state index is 0.135. The highest BCUT2D eigenvalue weighted by Gasteiger charge is 2.17. The first-order valence-electron chi connectivity index (χ1n) is 6.19. The minimum Gasteiger partial charge on any atom is -0.313 e. The molecule has 102 valence electrons. The van der Waals surface area contributed by atoms with E-state index in [4.69, 9.17) is 23.2 Å². The molecule has 2 aromatic rings. The van der Waals surface area contributed by atoms with E-state index < -0.39 is 0 Å². The Labute approximate surface area is 127 Å². The number of hydrogen-bond donors (Lipinski definition) is 1. The molecule has 0 aliphatic rings. The number of halogens is 2. The maximum absolute atomic E-state index is 6.21. The van der Waals surface area contributed by atoms with Gasteiger partial charge in [0.2, 0.25) is 0 Å². The average Bonchev–Trinajstić information content (AvgIpc) is 2.75. The van der Waals surface area contributed by atoms with Crippen LogP contribution in [0.5, 0.6) is 0 Å². The number of nitrogens with zero attached hydrogens (tertiary/aromatic N) is 1. The SMILES string of the molecule is CCc1ccc(CC(NC)c2cc(Cl)sc2Cl)nc1. The monoisotopic (exact) mass is 314 g/mol. The molecule has 0 spiro atoms. The van der Waals surface area contributed by atoms with Crippen LogP contribution in [0.15, 0.2) is 24.4 Å². The van der Waals surface area contributed by atoms with Gasteiger partial charge in [0.25, 0.3) is 0 Å². The molecule has 2 heterocycles. The molecule has 0 aromatic carbocycles. The lowest BCUT2D eigenvalue weighted by atomic mass is 10.0. The van der Waals surface area contributed by atoms with Gasteiger partial charge >= 0.3 is 0 Å². The molecule has 0 aliphatic carbocycles. The molecule has 2 rings (SSSR count). The highest BCUT2D eigenvalue weighted by molar-refractivity contribution is 7.20. The summed E-state index contributed by atoms with van der Waals surface area (Å²) in [5.41, 5.74) is 3.34. The molecule has 1 N–H and O–H groups in total. The summed E-state index contributed by atoms with van der Waals surface area (Å²) in [7, 11) is 1.92. The Hall–Kier alpha value is -0.610. The fourth-order valence-corrected chi connectivity index (χ4v) is 3.53. The van der Waals surface area contributed by atoms with Crippen LogP contribution in [0.1, 0.15) is 29.8 Å². The summed E-state index contributed by atoms with van der Waals surface area (Å²) in [5, 5.41) is 3.27. The molecule has 0 aliphatic heterocycles. The second-order valence-corrected chi connectivity index (χ2v) is 6.62. The zero-order chi connectivity index (χ0) is 13.8. The average molecular weight is 315 g/mol. The van der Waals surface area contributed by atoms with Gasteiger partial charge in [-0.25, -0.2) is 0 Å². The summed E-state index contributed by atoms with van der Waals surface area (Å²) in [6, 6.07) is 6.26. The molecule has 0 saturated carbocycles. The molecule has 5 heteroatoms. The van der Waals surface area contributed by atoms with Crippen LogP contribution in [-0.2, 0) is 12.8 Å². The Morgan fingerprint density at radius 2 is 2.16 bits per heavy atom. The van der Waals surface area contributed by atoms with E-state index in [0.717, 1.165) is 32.8 Å². The van der Waals surface area contributed by atoms with Gasteiger partial charge in [-0.2, -0.15) is 0 Å². The van der Waals surface area contributed by atoms with E-state index in [9.17, 15) is 0 Å². The van der Waals surface area contributed by atoms with Crippen molar-refractivity contribution in [2.24, 2.45) is 0 Å². The quantitative estimate of drug-likeness (QED) is 0.878. The largest absolute Gasteiger partial charge is 0.313 e. The molecule has 0 bridgehead atoms. The summed E-state index contributed by atoms with van der Waals surface area (Å²) < 4.78 is 1.46. The molecule has 0 saturated heterocycles. The van der Waals surface area contributed by atoms with E-state index in [1.54, 1.807) is 0 Å². The van der Waals surface area contributed by atoms with E-state index in [2.05, 4.69) is 29.4 Å². The normalized spacial score (nSPS) is 12.6. The van der Waals surface area contributed by atoms with Gasteiger partial charge in [0.15, 0.2) is 0 Å². The van der Waals surface area contributed by atoms with Crippen molar-refractivity contribution >= 4 is 34.5 Å². The zero-order valence-electron chi connectivity index (χ0n) is 10.9. The molecule has 19 heavy (non-hydrogen) atoms. The van der Waals surface area contributed by atoms with Gasteiger partial charge in [0, 0.05) is 29.9 Å². The summed E-state index contributed by atoms with van der Waals surface area (Å²) in [5.74, 6) is 0. The molecule has 2 aromatic heterocycles. The Bertz CT molecular complexity index is 537. The predicted octanol–water partition coefficient (Wildman–Crippen LogP) is 4.52. The van der Waals surface area contributed by atoms with Crippen molar-refractivity contribution in [2.45, 2.75) is 25.8 Å². The number of aryl methyl sites for hydroxylation is 1. The topological polar surface area (TPSA) is 24.9 Å². The number of hydrogen-bond acceptors (Lipinski definition) is 3. The Kier molecular flexibility index (Phi) is 5.22. The molecule has 0 fully saturated rings. The van der Waals surface area contributed by atoms with Crippen LogP contribution in [0, 0.1) is 0 Å². The van der Waals surface area contributed by atoms with Crippen LogP contribution < -0.4 is 5.32 Å². The van der Waals surface area contributed by atoms with E-state index in [0.29, 0.717) is 0 Å². The van der Waals surface area contributed by atoms with Gasteiger partial charge in [-0.3, -0.25) is 4.98 Å². The number of thiophene rings is 1. The van der Waals surface area contributed by atoms with Crippen molar-refractivity contribution < 1.29 is 0 Å². The number of rotatable bonds is 5. The molecule has 1 atom stereocenters. The molecule has 1 unspecified atom stereocenters. The molecule has 0 amide bonds. The van der Waals surface area contributed by atoms with Crippen molar-refractivity contribution in [3.05, 3.63) is 49.9 Å². The Morgan fingerprint density at radius 1 is 1.37 bits per heavy atom. The van der Waals surface area contributed by atoms with Gasteiger partial charge in [0.05, 0.1) is 8.67 Å². The smallest absolute Gasteiger partial charge is 0.0992 e. The van der Waals surface area contributed by atoms with Crippen molar-refractivity contribution in [3.63, 3.8) is 0 Å². The van der Waals surface area contributed by atoms with Gasteiger partial charge < -0.3 is 5.32 Å². The predicted molar refractivity (Wildman–Crippen MR) is 83.5 cm³/mol. The first-order valence-corrected chi connectivity index (χ1v) is 7.77. The van der Waals surface area contributed by atoms with Crippen LogP contribution >= 0.6 is 34.5 Å². The van der Waals surface area contributed by atoms with E-state index in [1.807, 2.05) is 19.3 Å². The second-order valence-electron chi connectivity index (χ2n) is 4.34. The van der Waals surface area contributed by atoms with Crippen LogP contribution in [0.4, 0.5) is 0 Å². The maximum atomic E-state index is 6.21. The molecule has 2 nitrogen and oxygen atoms in total. The highest BCUT2D eigenvalue weighted by Crippen LogP contribution is 2.35. The van der Waals surface area contributed by atoms with Crippen LogP contribution in [0.25, 0.3) is 0 Å². The third kappa shape index (κ3) is 3.69. The minimum absolute atomic E-state index is 0.135. The van der Waals surface area contributed by atoms with Crippen molar-refractivity contribution in [1.29, 1.82) is 0 Å². The van der Waals surface area contributed by atoms with Gasteiger partial charge in [0.1, 0.15) is 0 Å². The first kappa shape index (κ1) is 14.8. The zero-order valence-corrected chi connectivity index (χ0v) is 13.2. The number of aromatic nitrogens is 1. The molecular weight excluding hydrogens is 299 g/mol. The Balaban J connectivity index is 2.16. The third-order valence-corrected chi connectivity index (χ3v) is 4.63. The number of likely N-dealkylation sites (N-methyl/N-ethyl adjacent to an activating group) is 1. The summed E-state index contributed by atoms with van der Waals surface area (Å²) in [4.78, 5) is 4.49. The van der Waals surface area contributed by atoms with Crippen LogP contribution in [0.2, 0.25) is 8.67 Å². The fraction of sp³-hybridized carbons (Fsp3) is 0.357. The second kappa shape index (κ2) is 6.71. The first-order chi connectivity index (χ1) is 9.13. The highest BCUT2D eigenvalue weighted by atomic mass is 35.5. The van der Waals surface area contributed by atoms with Gasteiger partial charge in [-0.1, -0.05) is 36.2 Å². The van der Waals surface area contributed by atoms with E-state index in [-0.39, 0.29) is 6.04 Å². The maximum Gasteiger partial charge on any atom is 0.0992 e. The standard InChI is InChI=1S/C14H16Cl2N2S/c1-3-9-4-5-10(18-8-9)6-12(17-2)11-7-13(15)19-14(11)16/h4-5,7-8,12,17H,3,6H2,1-2H3. The lowest BCUT2D eigenvalue weighted by Crippen LogP contribution is -2.19. The van der Waals surface area contributed by atoms with Crippen LogP contribution in [-0.4, -0.2) is 12.0 Å². The summed E-state index contributed by atoms with van der Waals surface area (Å²) in [6.45, 7) is 2.13. The summed E-state index contributed by atoms with van der Waals surface area (Å²) in [6.07, 6.45) is 3.74. The van der Waals surface area contributed by atoms with Gasteiger partial charge in [-0.15, -0.1) is 11.3 Å². The van der Waals surface area contributed by atoms with E-state index >= 15 is 0 Å².